The van der Waals surface area contributed by atoms with E-state index in [0.29, 0.717) is 28.1 Å². The molecule has 0 radical (unpaired) electrons. The molecule has 0 aliphatic carbocycles. The molecule has 19 heteroatoms. The quantitative estimate of drug-likeness (QED) is 0.158. The molecule has 2 aromatic heterocycles. The number of rotatable bonds is 3. The summed E-state index contributed by atoms with van der Waals surface area (Å²) in [4.78, 5) is 65.6. The zero-order chi connectivity index (χ0) is 32.9. The molecule has 0 amide bonds. The smallest absolute Gasteiger partial charge is 0.301 e. The minimum absolute atomic E-state index is 0.132. The summed E-state index contributed by atoms with van der Waals surface area (Å²) in [5.41, 5.74) is -4.29. The monoisotopic (exact) mass is 614 g/mol. The maximum absolute atomic E-state index is 13.9. The normalized spacial score (nSPS) is 10.3. The lowest BCUT2D eigenvalue weighted by atomic mass is 10.2. The molecule has 0 aliphatic heterocycles. The van der Waals surface area contributed by atoms with Crippen molar-refractivity contribution < 1.29 is 31.8 Å². The predicted molar refractivity (Wildman–Crippen MR) is 139 cm³/mol. The van der Waals surface area contributed by atoms with Crippen LogP contribution in [0.1, 0.15) is 11.4 Å². The number of H-pyrrole nitrogens is 1. The third kappa shape index (κ3) is 7.71. The number of nitro groups is 2. The average Bonchev–Trinajstić information content (AvgIpc) is 2.90. The number of halogens is 5. The van der Waals surface area contributed by atoms with E-state index < -0.39 is 67.2 Å². The highest BCUT2D eigenvalue weighted by molar-refractivity contribution is 5.44. The van der Waals surface area contributed by atoms with E-state index in [1.807, 2.05) is 0 Å². The van der Waals surface area contributed by atoms with Crippen LogP contribution in [-0.4, -0.2) is 28.5 Å². The maximum atomic E-state index is 13.9. The van der Waals surface area contributed by atoms with E-state index in [1.54, 1.807) is 14.0 Å². The first kappa shape index (κ1) is 33.5. The summed E-state index contributed by atoms with van der Waals surface area (Å²) in [6.07, 6.45) is 0. The number of hydrogen-bond acceptors (Lipinski definition) is 8. The summed E-state index contributed by atoms with van der Waals surface area (Å²) in [7, 11) is 2.96. The van der Waals surface area contributed by atoms with Crippen molar-refractivity contribution in [1.29, 1.82) is 0 Å². The van der Waals surface area contributed by atoms with Crippen molar-refractivity contribution in [2.24, 2.45) is 14.1 Å². The Hall–Kier alpha value is -5.75. The molecule has 2 heterocycles. The lowest BCUT2D eigenvalue weighted by molar-refractivity contribution is -0.387. The molecular weight excluding hydrogens is 595 g/mol. The summed E-state index contributed by atoms with van der Waals surface area (Å²) >= 11 is 0. The van der Waals surface area contributed by atoms with E-state index in [2.05, 4.69) is 4.98 Å². The Labute approximate surface area is 234 Å². The van der Waals surface area contributed by atoms with Gasteiger partial charge in [-0.25, -0.2) is 27.3 Å². The number of aryl methyl sites for hydroxylation is 2. The van der Waals surface area contributed by atoms with Crippen LogP contribution in [0.4, 0.5) is 33.3 Å². The Balaban J connectivity index is 0.000000248. The van der Waals surface area contributed by atoms with Crippen molar-refractivity contribution in [3.63, 3.8) is 0 Å². The Kier molecular flexibility index (Phi) is 10.3. The van der Waals surface area contributed by atoms with Gasteiger partial charge in [0.15, 0.2) is 17.5 Å². The van der Waals surface area contributed by atoms with Crippen LogP contribution in [-0.2, 0) is 14.1 Å². The molecule has 0 fully saturated rings. The first-order valence-corrected chi connectivity index (χ1v) is 11.4. The van der Waals surface area contributed by atoms with Gasteiger partial charge in [0.2, 0.25) is 11.6 Å². The fourth-order valence-corrected chi connectivity index (χ4v) is 3.12. The second kappa shape index (κ2) is 13.3. The number of nitro benzene ring substituents is 2. The molecule has 2 aromatic carbocycles. The molecule has 0 bridgehead atoms. The van der Waals surface area contributed by atoms with Crippen LogP contribution in [0.3, 0.4) is 0 Å². The number of aromatic amines is 1. The molecular formula is C24H19F5N6O8. The average molecular weight is 614 g/mol. The van der Waals surface area contributed by atoms with Gasteiger partial charge >= 0.3 is 22.8 Å². The maximum Gasteiger partial charge on any atom is 0.335 e. The van der Waals surface area contributed by atoms with Crippen LogP contribution in [0.5, 0.6) is 0 Å². The minimum atomic E-state index is -1.45. The Morgan fingerprint density at radius 2 is 1.12 bits per heavy atom. The van der Waals surface area contributed by atoms with Gasteiger partial charge in [-0.3, -0.25) is 34.8 Å². The van der Waals surface area contributed by atoms with Crippen molar-refractivity contribution in [3.8, 4) is 5.69 Å². The summed E-state index contributed by atoms with van der Waals surface area (Å²) in [6, 6.07) is 3.56. The van der Waals surface area contributed by atoms with Crippen LogP contribution in [0.25, 0.3) is 5.69 Å². The number of nitrogens with zero attached hydrogens (tertiary/aromatic N) is 5. The van der Waals surface area contributed by atoms with E-state index in [9.17, 15) is 61.4 Å². The van der Waals surface area contributed by atoms with Gasteiger partial charge in [-0.2, -0.15) is 8.78 Å². The van der Waals surface area contributed by atoms with E-state index in [1.165, 1.54) is 24.6 Å². The highest BCUT2D eigenvalue weighted by Gasteiger charge is 2.22. The largest absolute Gasteiger partial charge is 0.335 e. The van der Waals surface area contributed by atoms with Gasteiger partial charge in [-0.05, 0) is 13.8 Å². The van der Waals surface area contributed by atoms with Gasteiger partial charge in [-0.1, -0.05) is 0 Å². The third-order valence-electron chi connectivity index (χ3n) is 5.60. The Morgan fingerprint density at radius 3 is 1.63 bits per heavy atom. The van der Waals surface area contributed by atoms with Gasteiger partial charge in [0.1, 0.15) is 0 Å². The first-order chi connectivity index (χ1) is 19.9. The molecule has 0 unspecified atom stereocenters. The zero-order valence-corrected chi connectivity index (χ0v) is 22.4. The highest BCUT2D eigenvalue weighted by atomic mass is 19.2. The topological polar surface area (TPSA) is 185 Å². The SMILES string of the molecule is Cc1cc(=O)[nH]c(=O)n1C.Cc1cc(=O)n(-c2cc(F)c([N+](=O)[O-])cc2F)c(=O)n1C.O=[N+]([O-])c1cc(F)c(F)cc1F. The van der Waals surface area contributed by atoms with E-state index in [0.717, 1.165) is 10.6 Å². The number of benzene rings is 2. The van der Waals surface area contributed by atoms with Crippen LogP contribution < -0.4 is 22.5 Å². The highest BCUT2D eigenvalue weighted by Crippen LogP contribution is 2.23. The standard InChI is InChI=1S/C12H9F2N3O4.C6H2F3NO2.C6H8N2O2/c1-6-3-11(18)16(12(19)15(6)2)9-4-8(14)10(17(20)21)5-7(9)13;7-3-1-5(9)6(10(11)12)2-4(3)8;1-4-3-5(9)7-6(10)8(4)2/h3-5H,1-2H3;1-2H;3H,1-2H3,(H,7,9,10). The fourth-order valence-electron chi connectivity index (χ4n) is 3.12. The van der Waals surface area contributed by atoms with Crippen LogP contribution in [0.15, 0.2) is 55.6 Å². The molecule has 228 valence electrons. The third-order valence-corrected chi connectivity index (χ3v) is 5.60. The van der Waals surface area contributed by atoms with Crippen molar-refractivity contribution in [1.82, 2.24) is 18.7 Å². The Morgan fingerprint density at radius 1 is 0.651 bits per heavy atom. The fraction of sp³-hybridized carbons (Fsp3) is 0.167. The lowest BCUT2D eigenvalue weighted by Gasteiger charge is -2.10. The van der Waals surface area contributed by atoms with E-state index in [-0.39, 0.29) is 23.4 Å². The van der Waals surface area contributed by atoms with Crippen molar-refractivity contribution >= 4 is 11.4 Å². The molecule has 0 saturated heterocycles. The van der Waals surface area contributed by atoms with Crippen LogP contribution in [0.2, 0.25) is 0 Å². The molecule has 0 atom stereocenters. The van der Waals surface area contributed by atoms with Gasteiger partial charge in [-0.15, -0.1) is 0 Å². The molecule has 4 rings (SSSR count). The van der Waals surface area contributed by atoms with Crippen LogP contribution in [0, 0.1) is 63.2 Å². The zero-order valence-electron chi connectivity index (χ0n) is 22.4. The lowest BCUT2D eigenvalue weighted by Crippen LogP contribution is -2.38. The van der Waals surface area contributed by atoms with Gasteiger partial charge < -0.3 is 9.13 Å². The molecule has 4 aromatic rings. The second-order valence-electron chi connectivity index (χ2n) is 8.43. The molecule has 0 aliphatic rings. The summed E-state index contributed by atoms with van der Waals surface area (Å²) < 4.78 is 67.2. The van der Waals surface area contributed by atoms with Crippen molar-refractivity contribution in [3.05, 3.63) is 139 Å². The summed E-state index contributed by atoms with van der Waals surface area (Å²) in [5.74, 6) is -6.86. The number of hydrogen-bond donors (Lipinski definition) is 1. The molecule has 1 N–H and O–H groups in total. The summed E-state index contributed by atoms with van der Waals surface area (Å²) in [5, 5.41) is 20.5. The van der Waals surface area contributed by atoms with Gasteiger partial charge in [0, 0.05) is 49.7 Å². The molecule has 14 nitrogen and oxygen atoms in total. The van der Waals surface area contributed by atoms with Gasteiger partial charge in [0.25, 0.3) is 11.1 Å². The number of nitrogens with one attached hydrogen (secondary N) is 1. The van der Waals surface area contributed by atoms with Crippen molar-refractivity contribution in [2.75, 3.05) is 0 Å². The second-order valence-corrected chi connectivity index (χ2v) is 8.43. The summed E-state index contributed by atoms with van der Waals surface area (Å²) in [6.45, 7) is 3.20. The van der Waals surface area contributed by atoms with E-state index in [4.69, 9.17) is 0 Å². The molecule has 43 heavy (non-hydrogen) atoms. The first-order valence-electron chi connectivity index (χ1n) is 11.4. The molecule has 0 saturated carbocycles. The van der Waals surface area contributed by atoms with Crippen LogP contribution >= 0.6 is 0 Å². The van der Waals surface area contributed by atoms with Crippen molar-refractivity contribution in [2.45, 2.75) is 13.8 Å². The minimum Gasteiger partial charge on any atom is -0.301 e. The molecule has 0 spiro atoms. The van der Waals surface area contributed by atoms with E-state index >= 15 is 0 Å². The predicted octanol–water partition coefficient (Wildman–Crippen LogP) is 2.43. The Bertz CT molecular complexity index is 1980. The number of aromatic nitrogens is 4. The van der Waals surface area contributed by atoms with Gasteiger partial charge in [0.05, 0.1) is 27.7 Å².